The smallest absolute Gasteiger partial charge is 0.228 e. The summed E-state index contributed by atoms with van der Waals surface area (Å²) in [7, 11) is 0. The van der Waals surface area contributed by atoms with Gasteiger partial charge in [0.25, 0.3) is 0 Å². The summed E-state index contributed by atoms with van der Waals surface area (Å²) in [5.74, 6) is -0.390. The number of nitrogen functional groups attached to an aromatic ring is 1. The van der Waals surface area contributed by atoms with E-state index in [1.807, 2.05) is 53.9 Å². The Kier molecular flexibility index (Phi) is 4.25. The molecule has 0 spiro atoms. The van der Waals surface area contributed by atoms with Gasteiger partial charge in [-0.15, -0.1) is 11.3 Å². The second-order valence-electron chi connectivity index (χ2n) is 6.98. The Morgan fingerprint density at radius 3 is 2.57 bits per heavy atom. The number of carbonyl (C=O) groups excluding carboxylic acids is 1. The second kappa shape index (κ2) is 6.63. The molecule has 6 heteroatoms. The molecule has 1 fully saturated rings. The monoisotopic (exact) mass is 386 g/mol. The Labute approximate surface area is 166 Å². The first kappa shape index (κ1) is 18.0. The van der Waals surface area contributed by atoms with Gasteiger partial charge in [-0.1, -0.05) is 42.5 Å². The van der Waals surface area contributed by atoms with E-state index in [2.05, 4.69) is 6.07 Å². The van der Waals surface area contributed by atoms with E-state index in [0.717, 1.165) is 22.3 Å². The topological polar surface area (TPSA) is 117 Å². The molecule has 2 unspecified atom stereocenters. The van der Waals surface area contributed by atoms with Crippen LogP contribution in [0, 0.1) is 16.7 Å². The van der Waals surface area contributed by atoms with Gasteiger partial charge in [0.05, 0.1) is 5.41 Å². The van der Waals surface area contributed by atoms with E-state index in [1.165, 1.54) is 11.3 Å². The maximum Gasteiger partial charge on any atom is 0.228 e. The van der Waals surface area contributed by atoms with Crippen molar-refractivity contribution in [1.82, 2.24) is 0 Å². The molecule has 4 rings (SSSR count). The molecular weight excluding hydrogens is 368 g/mol. The van der Waals surface area contributed by atoms with E-state index in [4.69, 9.17) is 16.9 Å². The molecule has 2 aromatic carbocycles. The first-order valence-corrected chi connectivity index (χ1v) is 9.68. The highest BCUT2D eigenvalue weighted by molar-refractivity contribution is 7.11. The van der Waals surface area contributed by atoms with Crippen LogP contribution in [0.5, 0.6) is 0 Å². The van der Waals surface area contributed by atoms with Gasteiger partial charge in [-0.25, -0.2) is 0 Å². The van der Waals surface area contributed by atoms with Gasteiger partial charge in [0.1, 0.15) is 16.8 Å². The molecule has 1 saturated carbocycles. The number of hydrogen-bond donors (Lipinski definition) is 3. The molecule has 0 saturated heterocycles. The highest BCUT2D eigenvalue weighted by Gasteiger charge is 2.60. The van der Waals surface area contributed by atoms with Gasteiger partial charge in [-0.3, -0.25) is 10.2 Å². The molecule has 28 heavy (non-hydrogen) atoms. The summed E-state index contributed by atoms with van der Waals surface area (Å²) in [5, 5.41) is 18.8. The van der Waals surface area contributed by atoms with Crippen LogP contribution in [0.2, 0.25) is 0 Å². The van der Waals surface area contributed by atoms with Crippen molar-refractivity contribution >= 4 is 23.1 Å². The Morgan fingerprint density at radius 2 is 1.93 bits per heavy atom. The average molecular weight is 386 g/mol. The Morgan fingerprint density at radius 1 is 1.18 bits per heavy atom. The summed E-state index contributed by atoms with van der Waals surface area (Å²) in [5.41, 5.74) is 15.0. The summed E-state index contributed by atoms with van der Waals surface area (Å²) in [6, 6.07) is 19.3. The molecule has 5 nitrogen and oxygen atoms in total. The lowest BCUT2D eigenvalue weighted by molar-refractivity contribution is -0.120. The fourth-order valence-electron chi connectivity index (χ4n) is 3.89. The number of amidine groups is 1. The third kappa shape index (κ3) is 2.77. The van der Waals surface area contributed by atoms with E-state index >= 15 is 0 Å². The number of benzene rings is 2. The zero-order chi connectivity index (χ0) is 19.9. The van der Waals surface area contributed by atoms with Gasteiger partial charge in [0.2, 0.25) is 5.91 Å². The zero-order valence-corrected chi connectivity index (χ0v) is 15.8. The number of thiophene rings is 1. The molecule has 0 aliphatic heterocycles. The lowest BCUT2D eigenvalue weighted by Crippen LogP contribution is -2.30. The number of rotatable bonds is 5. The lowest BCUT2D eigenvalue weighted by atomic mass is 9.88. The van der Waals surface area contributed by atoms with Crippen LogP contribution >= 0.6 is 11.3 Å². The standard InChI is InChI=1S/C22H18N4OS/c23-12-19-17(8-9-28-19)13-4-6-16(7-5-13)22(21(26)27)11-18(22)14-2-1-3-15(10-14)20(24)25/h1-10,18H,11H2,(H3,24,25)(H2,26,27). The summed E-state index contributed by atoms with van der Waals surface area (Å²) < 4.78 is 0. The average Bonchev–Trinajstić information content (AvgIpc) is 3.30. The van der Waals surface area contributed by atoms with Crippen molar-refractivity contribution in [2.45, 2.75) is 17.8 Å². The third-order valence-electron chi connectivity index (χ3n) is 5.48. The van der Waals surface area contributed by atoms with Crippen LogP contribution in [0.1, 0.15) is 33.9 Å². The number of nitrogens with one attached hydrogen (secondary N) is 1. The van der Waals surface area contributed by atoms with Gasteiger partial charge >= 0.3 is 0 Å². The molecule has 138 valence electrons. The van der Waals surface area contributed by atoms with Crippen LogP contribution in [0.4, 0.5) is 0 Å². The second-order valence-corrected chi connectivity index (χ2v) is 7.90. The lowest BCUT2D eigenvalue weighted by Gasteiger charge is -2.15. The molecule has 3 aromatic rings. The van der Waals surface area contributed by atoms with Crippen molar-refractivity contribution in [3.63, 3.8) is 0 Å². The van der Waals surface area contributed by atoms with Gasteiger partial charge in [-0.2, -0.15) is 5.26 Å². The number of amides is 1. The van der Waals surface area contributed by atoms with Crippen molar-refractivity contribution in [2.24, 2.45) is 11.5 Å². The van der Waals surface area contributed by atoms with E-state index in [9.17, 15) is 10.1 Å². The molecule has 1 aromatic heterocycles. The number of nitrogens with two attached hydrogens (primary N) is 2. The van der Waals surface area contributed by atoms with Gasteiger partial charge in [0.15, 0.2) is 0 Å². The van der Waals surface area contributed by atoms with Crippen LogP contribution in [-0.2, 0) is 10.2 Å². The van der Waals surface area contributed by atoms with Crippen molar-refractivity contribution in [1.29, 1.82) is 10.7 Å². The van der Waals surface area contributed by atoms with Gasteiger partial charge < -0.3 is 11.5 Å². The largest absolute Gasteiger partial charge is 0.384 e. The SMILES string of the molecule is N#Cc1sccc1-c1ccc(C2(C(N)=O)CC2c2cccc(C(=N)N)c2)cc1. The van der Waals surface area contributed by atoms with Crippen LogP contribution < -0.4 is 11.5 Å². The zero-order valence-electron chi connectivity index (χ0n) is 15.0. The fraction of sp³-hybridized carbons (Fsp3) is 0.136. The van der Waals surface area contributed by atoms with Crippen molar-refractivity contribution in [2.75, 3.05) is 0 Å². The van der Waals surface area contributed by atoms with Crippen LogP contribution in [0.25, 0.3) is 11.1 Å². The van der Waals surface area contributed by atoms with Crippen LogP contribution in [0.15, 0.2) is 60.0 Å². The highest BCUT2D eigenvalue weighted by Crippen LogP contribution is 2.60. The summed E-state index contributed by atoms with van der Waals surface area (Å²) >= 11 is 1.41. The first-order valence-electron chi connectivity index (χ1n) is 8.80. The fourth-order valence-corrected chi connectivity index (χ4v) is 4.60. The predicted molar refractivity (Wildman–Crippen MR) is 110 cm³/mol. The quantitative estimate of drug-likeness (QED) is 0.460. The summed E-state index contributed by atoms with van der Waals surface area (Å²) in [4.78, 5) is 13.1. The molecular formula is C22H18N4OS. The van der Waals surface area contributed by atoms with E-state index in [-0.39, 0.29) is 17.7 Å². The molecule has 1 aliphatic carbocycles. The molecule has 1 amide bonds. The van der Waals surface area contributed by atoms with Gasteiger partial charge in [0, 0.05) is 17.0 Å². The van der Waals surface area contributed by atoms with E-state index in [0.29, 0.717) is 16.9 Å². The van der Waals surface area contributed by atoms with Crippen LogP contribution in [0.3, 0.4) is 0 Å². The first-order chi connectivity index (χ1) is 13.5. The number of nitrogens with zero attached hydrogens (tertiary/aromatic N) is 1. The van der Waals surface area contributed by atoms with Crippen molar-refractivity contribution in [3.8, 4) is 17.2 Å². The molecule has 5 N–H and O–H groups in total. The molecule has 0 bridgehead atoms. The minimum absolute atomic E-state index is 0.000544. The predicted octanol–water partition coefficient (Wildman–Crippen LogP) is 3.48. The van der Waals surface area contributed by atoms with Gasteiger partial charge in [-0.05, 0) is 40.6 Å². The Bertz CT molecular complexity index is 1130. The number of hydrogen-bond acceptors (Lipinski definition) is 4. The molecule has 2 atom stereocenters. The third-order valence-corrected chi connectivity index (χ3v) is 6.30. The highest BCUT2D eigenvalue weighted by atomic mass is 32.1. The Hall–Kier alpha value is -3.43. The maximum absolute atomic E-state index is 12.4. The minimum atomic E-state index is -0.749. The number of primary amides is 1. The molecule has 1 aliphatic rings. The summed E-state index contributed by atoms with van der Waals surface area (Å²) in [6.45, 7) is 0. The Balaban J connectivity index is 1.69. The minimum Gasteiger partial charge on any atom is -0.384 e. The van der Waals surface area contributed by atoms with Crippen molar-refractivity contribution < 1.29 is 4.79 Å². The molecule has 0 radical (unpaired) electrons. The normalized spacial score (nSPS) is 20.3. The van der Waals surface area contributed by atoms with Crippen molar-refractivity contribution in [3.05, 3.63) is 81.5 Å². The van der Waals surface area contributed by atoms with Crippen LogP contribution in [-0.4, -0.2) is 11.7 Å². The van der Waals surface area contributed by atoms with E-state index in [1.54, 1.807) is 6.07 Å². The number of nitriles is 1. The number of carbonyl (C=O) groups is 1. The van der Waals surface area contributed by atoms with E-state index < -0.39 is 5.41 Å². The molecule has 1 heterocycles. The summed E-state index contributed by atoms with van der Waals surface area (Å²) in [6.07, 6.45) is 0.630. The maximum atomic E-state index is 12.4.